The Hall–Kier alpha value is -1.39. The number of rotatable bonds is 7. The highest BCUT2D eigenvalue weighted by atomic mass is 35.5. The molecule has 0 heterocycles. The van der Waals surface area contributed by atoms with Crippen LogP contribution in [0.4, 0.5) is 5.69 Å². The Labute approximate surface area is 158 Å². The normalized spacial score (nSPS) is 12.6. The summed E-state index contributed by atoms with van der Waals surface area (Å²) in [7, 11) is 0.499. The molecule has 0 fully saturated rings. The summed E-state index contributed by atoms with van der Waals surface area (Å²) in [5.74, 6) is -1.52. The van der Waals surface area contributed by atoms with Crippen LogP contribution in [0.25, 0.3) is 0 Å². The fourth-order valence-corrected chi connectivity index (χ4v) is 3.12. The predicted octanol–water partition coefficient (Wildman–Crippen LogP) is 1.36. The fourth-order valence-electron chi connectivity index (χ4n) is 1.73. The Morgan fingerprint density at radius 1 is 1.28 bits per heavy atom. The van der Waals surface area contributed by atoms with Crippen LogP contribution in [0.3, 0.4) is 0 Å². The molecule has 1 aromatic carbocycles. The molecule has 0 aromatic heterocycles. The van der Waals surface area contributed by atoms with E-state index in [2.05, 4.69) is 5.32 Å². The molecule has 0 aliphatic rings. The Morgan fingerprint density at radius 3 is 2.32 bits per heavy atom. The standard InChI is InChI=1S/C14H20ClN3O5S.ClH/c1-9(14(20)21)18(4)8-13(19)16-10-5-6-11(15)12(7-10)24(22,23)17(2)3;/h5-7,9H,8H2,1-4H3,(H,16,19)(H,20,21);1H. The molecule has 8 nitrogen and oxygen atoms in total. The first-order chi connectivity index (χ1) is 11.0. The smallest absolute Gasteiger partial charge is 0.320 e. The zero-order chi connectivity index (χ0) is 18.7. The first-order valence-electron chi connectivity index (χ1n) is 6.91. The molecule has 1 amide bonds. The molecule has 25 heavy (non-hydrogen) atoms. The van der Waals surface area contributed by atoms with Gasteiger partial charge < -0.3 is 10.4 Å². The molecule has 0 saturated heterocycles. The number of carboxylic acids is 1. The van der Waals surface area contributed by atoms with Gasteiger partial charge in [0.1, 0.15) is 10.9 Å². The van der Waals surface area contributed by atoms with E-state index in [0.29, 0.717) is 0 Å². The number of anilines is 1. The van der Waals surface area contributed by atoms with E-state index < -0.39 is 27.9 Å². The van der Waals surface area contributed by atoms with Gasteiger partial charge in [-0.15, -0.1) is 12.4 Å². The summed E-state index contributed by atoms with van der Waals surface area (Å²) >= 11 is 5.93. The minimum atomic E-state index is -3.75. The van der Waals surface area contributed by atoms with Gasteiger partial charge >= 0.3 is 5.97 Å². The summed E-state index contributed by atoms with van der Waals surface area (Å²) in [6.45, 7) is 1.30. The van der Waals surface area contributed by atoms with E-state index >= 15 is 0 Å². The molecule has 1 atom stereocenters. The minimum Gasteiger partial charge on any atom is -0.480 e. The number of benzene rings is 1. The highest BCUT2D eigenvalue weighted by molar-refractivity contribution is 7.89. The van der Waals surface area contributed by atoms with Crippen molar-refractivity contribution in [2.24, 2.45) is 0 Å². The van der Waals surface area contributed by atoms with Gasteiger partial charge in [-0.3, -0.25) is 14.5 Å². The Bertz CT molecular complexity index is 740. The molecule has 0 aliphatic carbocycles. The molecule has 0 spiro atoms. The number of aliphatic carboxylic acids is 1. The number of carboxylic acid groups (broad SMARTS) is 1. The van der Waals surface area contributed by atoms with E-state index in [1.54, 1.807) is 0 Å². The number of nitrogens with zero attached hydrogens (tertiary/aromatic N) is 2. The van der Waals surface area contributed by atoms with Crippen LogP contribution in [0.15, 0.2) is 23.1 Å². The lowest BCUT2D eigenvalue weighted by molar-refractivity contribution is -0.142. The van der Waals surface area contributed by atoms with Crippen molar-refractivity contribution >= 4 is 51.6 Å². The maximum atomic E-state index is 12.2. The van der Waals surface area contributed by atoms with Gasteiger partial charge in [0.2, 0.25) is 15.9 Å². The fraction of sp³-hybridized carbons (Fsp3) is 0.429. The van der Waals surface area contributed by atoms with E-state index in [4.69, 9.17) is 16.7 Å². The monoisotopic (exact) mass is 413 g/mol. The first-order valence-corrected chi connectivity index (χ1v) is 8.73. The number of amides is 1. The topological polar surface area (TPSA) is 107 Å². The first kappa shape index (κ1) is 23.6. The van der Waals surface area contributed by atoms with E-state index in [1.165, 1.54) is 51.2 Å². The summed E-state index contributed by atoms with van der Waals surface area (Å²) in [4.78, 5) is 24.1. The number of carbonyl (C=O) groups excluding carboxylic acids is 1. The second-order valence-electron chi connectivity index (χ2n) is 5.41. The summed E-state index contributed by atoms with van der Waals surface area (Å²) < 4.78 is 25.4. The number of hydrogen-bond acceptors (Lipinski definition) is 5. The van der Waals surface area contributed by atoms with Crippen LogP contribution in [0.2, 0.25) is 5.02 Å². The Balaban J connectivity index is 0.00000576. The number of carbonyl (C=O) groups is 2. The van der Waals surface area contributed by atoms with Crippen LogP contribution in [0, 0.1) is 0 Å². The van der Waals surface area contributed by atoms with Gasteiger partial charge in [0.05, 0.1) is 11.6 Å². The van der Waals surface area contributed by atoms with Crippen molar-refractivity contribution < 1.29 is 23.1 Å². The molecule has 142 valence electrons. The lowest BCUT2D eigenvalue weighted by atomic mass is 10.3. The van der Waals surface area contributed by atoms with Gasteiger partial charge in [-0.2, -0.15) is 0 Å². The number of sulfonamides is 1. The number of hydrogen-bond donors (Lipinski definition) is 2. The van der Waals surface area contributed by atoms with Crippen LogP contribution in [0.1, 0.15) is 6.92 Å². The number of likely N-dealkylation sites (N-methyl/N-ethyl adjacent to an activating group) is 1. The number of nitrogens with one attached hydrogen (secondary N) is 1. The molecule has 0 radical (unpaired) electrons. The molecular formula is C14H21Cl2N3O5S. The lowest BCUT2D eigenvalue weighted by Gasteiger charge is -2.20. The van der Waals surface area contributed by atoms with Crippen LogP contribution < -0.4 is 5.32 Å². The molecule has 1 rings (SSSR count). The van der Waals surface area contributed by atoms with Gasteiger partial charge in [0, 0.05) is 19.8 Å². The average Bonchev–Trinajstić information content (AvgIpc) is 2.47. The Morgan fingerprint density at radius 2 is 1.84 bits per heavy atom. The van der Waals surface area contributed by atoms with Crippen LogP contribution in [-0.2, 0) is 19.6 Å². The summed E-state index contributed by atoms with van der Waals surface area (Å²) in [6, 6.07) is 3.27. The second kappa shape index (κ2) is 9.35. The molecule has 0 saturated carbocycles. The van der Waals surface area contributed by atoms with E-state index in [-0.39, 0.29) is 34.6 Å². The second-order valence-corrected chi connectivity index (χ2v) is 7.94. The predicted molar refractivity (Wildman–Crippen MR) is 97.9 cm³/mol. The molecule has 2 N–H and O–H groups in total. The lowest BCUT2D eigenvalue weighted by Crippen LogP contribution is -2.40. The van der Waals surface area contributed by atoms with Crippen molar-refractivity contribution in [3.05, 3.63) is 23.2 Å². The largest absolute Gasteiger partial charge is 0.480 e. The zero-order valence-electron chi connectivity index (χ0n) is 14.2. The molecule has 0 aliphatic heterocycles. The molecule has 1 aromatic rings. The van der Waals surface area contributed by atoms with Crippen molar-refractivity contribution in [1.82, 2.24) is 9.21 Å². The van der Waals surface area contributed by atoms with Crippen molar-refractivity contribution in [3.63, 3.8) is 0 Å². The van der Waals surface area contributed by atoms with Gasteiger partial charge in [-0.1, -0.05) is 11.6 Å². The van der Waals surface area contributed by atoms with Crippen molar-refractivity contribution in [1.29, 1.82) is 0 Å². The van der Waals surface area contributed by atoms with Crippen molar-refractivity contribution in [2.45, 2.75) is 17.9 Å². The van der Waals surface area contributed by atoms with E-state index in [9.17, 15) is 18.0 Å². The third kappa shape index (κ3) is 6.12. The van der Waals surface area contributed by atoms with Gasteiger partial charge in [-0.05, 0) is 32.2 Å². The van der Waals surface area contributed by atoms with Crippen LogP contribution in [0.5, 0.6) is 0 Å². The highest BCUT2D eigenvalue weighted by Crippen LogP contribution is 2.26. The quantitative estimate of drug-likeness (QED) is 0.698. The molecule has 1 unspecified atom stereocenters. The molecule has 0 bridgehead atoms. The average molecular weight is 414 g/mol. The maximum Gasteiger partial charge on any atom is 0.320 e. The van der Waals surface area contributed by atoms with Gasteiger partial charge in [0.15, 0.2) is 0 Å². The summed E-state index contributed by atoms with van der Waals surface area (Å²) in [6.07, 6.45) is 0. The molecule has 11 heteroatoms. The summed E-state index contributed by atoms with van der Waals surface area (Å²) in [5, 5.41) is 11.5. The SMILES string of the molecule is CC(C(=O)O)N(C)CC(=O)Nc1ccc(Cl)c(S(=O)(=O)N(C)C)c1.Cl. The maximum absolute atomic E-state index is 12.2. The minimum absolute atomic E-state index is 0. The summed E-state index contributed by atoms with van der Waals surface area (Å²) in [5.41, 5.74) is 0.251. The third-order valence-electron chi connectivity index (χ3n) is 3.39. The van der Waals surface area contributed by atoms with Gasteiger partial charge in [-0.25, -0.2) is 12.7 Å². The van der Waals surface area contributed by atoms with Crippen LogP contribution >= 0.6 is 24.0 Å². The highest BCUT2D eigenvalue weighted by Gasteiger charge is 2.22. The van der Waals surface area contributed by atoms with Crippen molar-refractivity contribution in [2.75, 3.05) is 33.0 Å². The number of halogens is 2. The third-order valence-corrected chi connectivity index (χ3v) is 5.68. The zero-order valence-corrected chi connectivity index (χ0v) is 16.6. The van der Waals surface area contributed by atoms with E-state index in [1.807, 2.05) is 0 Å². The Kier molecular flexibility index (Phi) is 8.83. The van der Waals surface area contributed by atoms with Crippen LogP contribution in [-0.4, -0.2) is 68.3 Å². The van der Waals surface area contributed by atoms with Gasteiger partial charge in [0.25, 0.3) is 0 Å². The molecular weight excluding hydrogens is 393 g/mol. The van der Waals surface area contributed by atoms with E-state index in [0.717, 1.165) is 4.31 Å². The van der Waals surface area contributed by atoms with Crippen molar-refractivity contribution in [3.8, 4) is 0 Å².